The van der Waals surface area contributed by atoms with Crippen molar-refractivity contribution < 1.29 is 4.79 Å². The largest absolute Gasteiger partial charge is 0.334 e. The Kier molecular flexibility index (Phi) is 3.31. The number of nitrogens with one attached hydrogen (secondary N) is 1. The van der Waals surface area contributed by atoms with Gasteiger partial charge in [-0.05, 0) is 38.7 Å². The van der Waals surface area contributed by atoms with Crippen LogP contribution in [0.5, 0.6) is 0 Å². The Bertz CT molecular complexity index is 458. The van der Waals surface area contributed by atoms with Crippen LogP contribution in [0.25, 0.3) is 0 Å². The van der Waals surface area contributed by atoms with Crippen molar-refractivity contribution >= 4 is 5.91 Å². The summed E-state index contributed by atoms with van der Waals surface area (Å²) >= 11 is 0. The lowest BCUT2D eigenvalue weighted by Crippen LogP contribution is -2.50. The Labute approximate surface area is 114 Å². The molecule has 3 heterocycles. The second kappa shape index (κ2) is 4.96. The normalized spacial score (nSPS) is 29.5. The van der Waals surface area contributed by atoms with Gasteiger partial charge in [0.25, 0.3) is 5.91 Å². The lowest BCUT2D eigenvalue weighted by Gasteiger charge is -2.37. The Morgan fingerprint density at radius 1 is 1.47 bits per heavy atom. The van der Waals surface area contributed by atoms with E-state index in [4.69, 9.17) is 0 Å². The van der Waals surface area contributed by atoms with Crippen LogP contribution in [-0.4, -0.2) is 45.3 Å². The molecule has 5 nitrogen and oxygen atoms in total. The van der Waals surface area contributed by atoms with Gasteiger partial charge >= 0.3 is 0 Å². The molecule has 2 aliphatic rings. The number of fused-ring (bicyclic) bond motifs is 2. The summed E-state index contributed by atoms with van der Waals surface area (Å²) in [7, 11) is 1.85. The Morgan fingerprint density at radius 3 is 2.68 bits per heavy atom. The summed E-state index contributed by atoms with van der Waals surface area (Å²) in [4.78, 5) is 14.6. The van der Waals surface area contributed by atoms with Crippen molar-refractivity contribution in [2.24, 2.45) is 7.05 Å². The lowest BCUT2D eigenvalue weighted by atomic mass is 9.98. The molecule has 1 aromatic heterocycles. The molecule has 104 valence electrons. The molecule has 1 amide bonds. The number of aryl methyl sites for hydroxylation is 1. The van der Waals surface area contributed by atoms with Gasteiger partial charge in [-0.2, -0.15) is 5.10 Å². The Hall–Kier alpha value is -1.36. The number of piperidine rings is 1. The first-order valence-corrected chi connectivity index (χ1v) is 7.24. The number of hydrogen-bond acceptors (Lipinski definition) is 3. The van der Waals surface area contributed by atoms with Gasteiger partial charge in [-0.15, -0.1) is 0 Å². The van der Waals surface area contributed by atoms with Crippen LogP contribution in [0.1, 0.15) is 43.1 Å². The summed E-state index contributed by atoms with van der Waals surface area (Å²) < 4.78 is 1.69. The summed E-state index contributed by atoms with van der Waals surface area (Å²) in [5.41, 5.74) is 0.565. The number of amides is 1. The zero-order valence-electron chi connectivity index (χ0n) is 11.7. The van der Waals surface area contributed by atoms with E-state index in [0.29, 0.717) is 23.8 Å². The second-order valence-electron chi connectivity index (χ2n) is 5.73. The molecule has 0 aliphatic carbocycles. The van der Waals surface area contributed by atoms with Crippen molar-refractivity contribution in [3.8, 4) is 0 Å². The zero-order valence-corrected chi connectivity index (χ0v) is 11.7. The van der Waals surface area contributed by atoms with Crippen LogP contribution < -0.4 is 5.32 Å². The molecule has 0 saturated carbocycles. The third-order valence-electron chi connectivity index (χ3n) is 4.42. The minimum atomic E-state index is 0.0781. The average molecular weight is 262 g/mol. The molecule has 2 aliphatic heterocycles. The molecule has 0 aromatic carbocycles. The molecule has 19 heavy (non-hydrogen) atoms. The van der Waals surface area contributed by atoms with E-state index in [1.165, 1.54) is 12.8 Å². The van der Waals surface area contributed by atoms with E-state index in [1.54, 1.807) is 10.7 Å². The van der Waals surface area contributed by atoms with Gasteiger partial charge in [0.05, 0.1) is 0 Å². The Morgan fingerprint density at radius 2 is 2.16 bits per heavy atom. The summed E-state index contributed by atoms with van der Waals surface area (Å²) in [6, 6.07) is 3.39. The van der Waals surface area contributed by atoms with E-state index >= 15 is 0 Å². The summed E-state index contributed by atoms with van der Waals surface area (Å²) in [5, 5.41) is 7.86. The molecule has 2 fully saturated rings. The van der Waals surface area contributed by atoms with E-state index in [2.05, 4.69) is 17.3 Å². The standard InChI is InChI=1S/C14H22N4O/c1-3-18(14(19)13-6-7-17(2)16-13)12-8-10-4-5-11(9-12)15-10/h6-7,10-12,15H,3-5,8-9H2,1-2H3. The molecule has 1 aromatic rings. The fraction of sp³-hybridized carbons (Fsp3) is 0.714. The maximum atomic E-state index is 12.6. The maximum Gasteiger partial charge on any atom is 0.274 e. The van der Waals surface area contributed by atoms with Crippen LogP contribution in [0.3, 0.4) is 0 Å². The van der Waals surface area contributed by atoms with E-state index in [1.807, 2.05) is 18.1 Å². The second-order valence-corrected chi connectivity index (χ2v) is 5.73. The van der Waals surface area contributed by atoms with Gasteiger partial charge in [-0.3, -0.25) is 9.48 Å². The number of carbonyl (C=O) groups is 1. The van der Waals surface area contributed by atoms with Crippen molar-refractivity contribution in [2.45, 2.75) is 50.7 Å². The fourth-order valence-electron chi connectivity index (χ4n) is 3.53. The third kappa shape index (κ3) is 2.39. The van der Waals surface area contributed by atoms with Gasteiger partial charge in [-0.1, -0.05) is 0 Å². The molecule has 2 atom stereocenters. The van der Waals surface area contributed by atoms with Gasteiger partial charge in [-0.25, -0.2) is 0 Å². The topological polar surface area (TPSA) is 50.2 Å². The van der Waals surface area contributed by atoms with E-state index in [9.17, 15) is 4.79 Å². The SMILES string of the molecule is CCN(C(=O)c1ccn(C)n1)C1CC2CCC(C1)N2. The van der Waals surface area contributed by atoms with Crippen molar-refractivity contribution in [3.63, 3.8) is 0 Å². The molecule has 2 saturated heterocycles. The van der Waals surface area contributed by atoms with Crippen LogP contribution in [0.4, 0.5) is 0 Å². The zero-order chi connectivity index (χ0) is 13.4. The number of rotatable bonds is 3. The minimum absolute atomic E-state index is 0.0781. The minimum Gasteiger partial charge on any atom is -0.334 e. The first-order chi connectivity index (χ1) is 9.17. The lowest BCUT2D eigenvalue weighted by molar-refractivity contribution is 0.0624. The van der Waals surface area contributed by atoms with Crippen molar-refractivity contribution in [2.75, 3.05) is 6.54 Å². The summed E-state index contributed by atoms with van der Waals surface area (Å²) in [5.74, 6) is 0.0781. The molecule has 2 unspecified atom stereocenters. The predicted molar refractivity (Wildman–Crippen MR) is 72.9 cm³/mol. The van der Waals surface area contributed by atoms with Crippen LogP contribution in [-0.2, 0) is 7.05 Å². The predicted octanol–water partition coefficient (Wildman–Crippen LogP) is 1.17. The highest BCUT2D eigenvalue weighted by Crippen LogP contribution is 2.30. The third-order valence-corrected chi connectivity index (χ3v) is 4.42. The van der Waals surface area contributed by atoms with Gasteiger partial charge < -0.3 is 10.2 Å². The molecule has 1 N–H and O–H groups in total. The van der Waals surface area contributed by atoms with Crippen LogP contribution >= 0.6 is 0 Å². The van der Waals surface area contributed by atoms with Gasteiger partial charge in [0.2, 0.25) is 0 Å². The summed E-state index contributed by atoms with van der Waals surface area (Å²) in [6.45, 7) is 2.82. The molecule has 3 rings (SSSR count). The van der Waals surface area contributed by atoms with Crippen molar-refractivity contribution in [3.05, 3.63) is 18.0 Å². The molecular formula is C14H22N4O. The van der Waals surface area contributed by atoms with Crippen LogP contribution in [0.2, 0.25) is 0 Å². The molecule has 2 bridgehead atoms. The van der Waals surface area contributed by atoms with E-state index in [0.717, 1.165) is 19.4 Å². The molecule has 0 radical (unpaired) electrons. The monoisotopic (exact) mass is 262 g/mol. The van der Waals surface area contributed by atoms with E-state index in [-0.39, 0.29) is 5.91 Å². The molecule has 5 heteroatoms. The quantitative estimate of drug-likeness (QED) is 0.889. The highest BCUT2D eigenvalue weighted by molar-refractivity contribution is 5.92. The highest BCUT2D eigenvalue weighted by atomic mass is 16.2. The Balaban J connectivity index is 1.75. The number of hydrogen-bond donors (Lipinski definition) is 1. The number of aromatic nitrogens is 2. The van der Waals surface area contributed by atoms with Crippen molar-refractivity contribution in [1.29, 1.82) is 0 Å². The summed E-state index contributed by atoms with van der Waals surface area (Å²) in [6.07, 6.45) is 6.52. The fourth-order valence-corrected chi connectivity index (χ4v) is 3.53. The van der Waals surface area contributed by atoms with E-state index < -0.39 is 0 Å². The van der Waals surface area contributed by atoms with Gasteiger partial charge in [0.1, 0.15) is 5.69 Å². The molecule has 0 spiro atoms. The van der Waals surface area contributed by atoms with Crippen molar-refractivity contribution in [1.82, 2.24) is 20.0 Å². The van der Waals surface area contributed by atoms with Gasteiger partial charge in [0.15, 0.2) is 0 Å². The number of nitrogens with zero attached hydrogens (tertiary/aromatic N) is 3. The number of carbonyl (C=O) groups excluding carboxylic acids is 1. The van der Waals surface area contributed by atoms with Gasteiger partial charge in [0, 0.05) is 37.9 Å². The van der Waals surface area contributed by atoms with Crippen LogP contribution in [0.15, 0.2) is 12.3 Å². The maximum absolute atomic E-state index is 12.6. The van der Waals surface area contributed by atoms with Crippen LogP contribution in [0, 0.1) is 0 Å². The molecular weight excluding hydrogens is 240 g/mol. The first-order valence-electron chi connectivity index (χ1n) is 7.24. The first kappa shape index (κ1) is 12.7. The average Bonchev–Trinajstić information content (AvgIpc) is 2.97. The smallest absolute Gasteiger partial charge is 0.274 e. The highest BCUT2D eigenvalue weighted by Gasteiger charge is 2.37.